The van der Waals surface area contributed by atoms with Gasteiger partial charge >= 0.3 is 0 Å². The van der Waals surface area contributed by atoms with E-state index in [1.54, 1.807) is 23.9 Å². The first kappa shape index (κ1) is 13.5. The summed E-state index contributed by atoms with van der Waals surface area (Å²) in [6, 6.07) is 4.16. The van der Waals surface area contributed by atoms with E-state index in [1.807, 2.05) is 13.2 Å². The molecule has 1 atom stereocenters. The Kier molecular flexibility index (Phi) is 4.16. The zero-order valence-electron chi connectivity index (χ0n) is 11.0. The fourth-order valence-corrected chi connectivity index (χ4v) is 1.86. The lowest BCUT2D eigenvalue weighted by atomic mass is 10.1. The highest BCUT2D eigenvalue weighted by Gasteiger charge is 2.10. The second-order valence-electron chi connectivity index (χ2n) is 4.48. The fraction of sp³-hybridized carbons (Fsp3) is 0.357. The highest BCUT2D eigenvalue weighted by molar-refractivity contribution is 5.35. The first-order chi connectivity index (χ1) is 9.06. The van der Waals surface area contributed by atoms with E-state index < -0.39 is 6.10 Å². The molecule has 0 fully saturated rings. The summed E-state index contributed by atoms with van der Waals surface area (Å²) in [7, 11) is 1.86. The molecule has 2 aromatic rings. The van der Waals surface area contributed by atoms with E-state index in [1.165, 1.54) is 12.1 Å². The highest BCUT2D eigenvalue weighted by atomic mass is 19.1. The molecule has 0 amide bonds. The number of aromatic nitrogens is 2. The first-order valence-corrected chi connectivity index (χ1v) is 6.14. The summed E-state index contributed by atoms with van der Waals surface area (Å²) < 4.78 is 20.5. The van der Waals surface area contributed by atoms with Crippen LogP contribution in [-0.2, 0) is 13.5 Å². The number of benzene rings is 1. The van der Waals surface area contributed by atoms with Gasteiger partial charge in [0.2, 0.25) is 0 Å². The smallest absolute Gasteiger partial charge is 0.125 e. The van der Waals surface area contributed by atoms with Gasteiger partial charge in [0.15, 0.2) is 0 Å². The lowest BCUT2D eigenvalue weighted by Gasteiger charge is -2.13. The van der Waals surface area contributed by atoms with Crippen molar-refractivity contribution < 1.29 is 14.2 Å². The van der Waals surface area contributed by atoms with Gasteiger partial charge in [-0.05, 0) is 30.7 Å². The van der Waals surface area contributed by atoms with E-state index in [0.717, 1.165) is 5.56 Å². The van der Waals surface area contributed by atoms with Crippen molar-refractivity contribution in [2.75, 3.05) is 6.61 Å². The van der Waals surface area contributed by atoms with E-state index >= 15 is 0 Å². The number of aliphatic hydroxyl groups excluding tert-OH is 1. The monoisotopic (exact) mass is 264 g/mol. The topological polar surface area (TPSA) is 47.3 Å². The molecular weight excluding hydrogens is 247 g/mol. The molecule has 5 heteroatoms. The number of hydrogen-bond acceptors (Lipinski definition) is 3. The van der Waals surface area contributed by atoms with Crippen LogP contribution in [0.25, 0.3) is 0 Å². The number of hydrogen-bond donors (Lipinski definition) is 1. The number of nitrogens with zero attached hydrogens (tertiary/aromatic N) is 2. The van der Waals surface area contributed by atoms with Crippen molar-refractivity contribution in [2.24, 2.45) is 7.05 Å². The molecule has 0 unspecified atom stereocenters. The molecule has 1 aromatic carbocycles. The van der Waals surface area contributed by atoms with E-state index in [4.69, 9.17) is 4.74 Å². The lowest BCUT2D eigenvalue weighted by Crippen LogP contribution is -2.05. The normalized spacial score (nSPS) is 12.4. The van der Waals surface area contributed by atoms with Gasteiger partial charge in [0.05, 0.1) is 18.9 Å². The summed E-state index contributed by atoms with van der Waals surface area (Å²) >= 11 is 0. The van der Waals surface area contributed by atoms with Gasteiger partial charge in [-0.1, -0.05) is 0 Å². The Morgan fingerprint density at radius 3 is 2.89 bits per heavy atom. The molecule has 0 aliphatic heterocycles. The van der Waals surface area contributed by atoms with E-state index in [-0.39, 0.29) is 5.82 Å². The van der Waals surface area contributed by atoms with Crippen molar-refractivity contribution in [3.05, 3.63) is 47.5 Å². The lowest BCUT2D eigenvalue weighted by molar-refractivity contribution is 0.191. The zero-order chi connectivity index (χ0) is 13.8. The van der Waals surface area contributed by atoms with Crippen molar-refractivity contribution in [3.63, 3.8) is 0 Å². The SMILES string of the molecule is C[C@H](O)c1cc(F)ccc1OCCc1cnn(C)c1. The fourth-order valence-electron chi connectivity index (χ4n) is 1.86. The molecule has 1 aromatic heterocycles. The van der Waals surface area contributed by atoms with Gasteiger partial charge < -0.3 is 9.84 Å². The Labute approximate surface area is 111 Å². The van der Waals surface area contributed by atoms with Gasteiger partial charge in [0, 0.05) is 25.2 Å². The molecule has 19 heavy (non-hydrogen) atoms. The van der Waals surface area contributed by atoms with Gasteiger partial charge in [-0.3, -0.25) is 4.68 Å². The maximum absolute atomic E-state index is 13.1. The molecule has 0 saturated heterocycles. The van der Waals surface area contributed by atoms with E-state index in [0.29, 0.717) is 24.3 Å². The Bertz CT molecular complexity index is 552. The highest BCUT2D eigenvalue weighted by Crippen LogP contribution is 2.26. The van der Waals surface area contributed by atoms with Crippen LogP contribution in [0.2, 0.25) is 0 Å². The van der Waals surface area contributed by atoms with Gasteiger partial charge in [-0.2, -0.15) is 5.10 Å². The van der Waals surface area contributed by atoms with Crippen molar-refractivity contribution >= 4 is 0 Å². The van der Waals surface area contributed by atoms with Gasteiger partial charge in [0.1, 0.15) is 11.6 Å². The van der Waals surface area contributed by atoms with Crippen LogP contribution in [-0.4, -0.2) is 21.5 Å². The Hall–Kier alpha value is -1.88. The average molecular weight is 264 g/mol. The maximum atomic E-state index is 13.1. The second-order valence-corrected chi connectivity index (χ2v) is 4.48. The molecule has 0 radical (unpaired) electrons. The van der Waals surface area contributed by atoms with Crippen LogP contribution in [0.4, 0.5) is 4.39 Å². The number of aryl methyl sites for hydroxylation is 1. The van der Waals surface area contributed by atoms with Crippen LogP contribution >= 0.6 is 0 Å². The summed E-state index contributed by atoms with van der Waals surface area (Å²) in [6.45, 7) is 2.04. The predicted octanol–water partition coefficient (Wildman–Crippen LogP) is 2.23. The van der Waals surface area contributed by atoms with E-state index in [9.17, 15) is 9.50 Å². The summed E-state index contributed by atoms with van der Waals surface area (Å²) in [5.74, 6) is 0.135. The van der Waals surface area contributed by atoms with Gasteiger partial charge in [-0.25, -0.2) is 4.39 Å². The molecule has 1 heterocycles. The predicted molar refractivity (Wildman–Crippen MR) is 69.4 cm³/mol. The Balaban J connectivity index is 1.99. The molecular formula is C14H17FN2O2. The van der Waals surface area contributed by atoms with Crippen LogP contribution in [0.1, 0.15) is 24.2 Å². The van der Waals surface area contributed by atoms with Crippen molar-refractivity contribution in [1.29, 1.82) is 0 Å². The summed E-state index contributed by atoms with van der Waals surface area (Å²) in [6.07, 6.45) is 3.65. The van der Waals surface area contributed by atoms with Crippen LogP contribution in [0, 0.1) is 5.82 Å². The third-order valence-corrected chi connectivity index (χ3v) is 2.83. The van der Waals surface area contributed by atoms with Crippen molar-refractivity contribution in [3.8, 4) is 5.75 Å². The molecule has 4 nitrogen and oxygen atoms in total. The number of ether oxygens (including phenoxy) is 1. The Morgan fingerprint density at radius 2 is 2.26 bits per heavy atom. The van der Waals surface area contributed by atoms with Crippen LogP contribution in [0.5, 0.6) is 5.75 Å². The van der Waals surface area contributed by atoms with Crippen LogP contribution in [0.3, 0.4) is 0 Å². The number of rotatable bonds is 5. The largest absolute Gasteiger partial charge is 0.493 e. The number of halogens is 1. The first-order valence-electron chi connectivity index (χ1n) is 6.14. The maximum Gasteiger partial charge on any atom is 0.125 e. The van der Waals surface area contributed by atoms with Crippen LogP contribution in [0.15, 0.2) is 30.6 Å². The van der Waals surface area contributed by atoms with Crippen molar-refractivity contribution in [2.45, 2.75) is 19.4 Å². The average Bonchev–Trinajstić information content (AvgIpc) is 2.77. The minimum Gasteiger partial charge on any atom is -0.493 e. The summed E-state index contributed by atoms with van der Waals surface area (Å²) in [5, 5.41) is 13.7. The molecule has 0 aliphatic carbocycles. The molecule has 1 N–H and O–H groups in total. The molecule has 0 spiro atoms. The van der Waals surface area contributed by atoms with Crippen LogP contribution < -0.4 is 4.74 Å². The van der Waals surface area contributed by atoms with E-state index in [2.05, 4.69) is 5.10 Å². The van der Waals surface area contributed by atoms with Gasteiger partial charge in [0.25, 0.3) is 0 Å². The molecule has 2 rings (SSSR count). The minimum atomic E-state index is -0.760. The standard InChI is InChI=1S/C14H17FN2O2/c1-10(18)13-7-12(15)3-4-14(13)19-6-5-11-8-16-17(2)9-11/h3-4,7-10,18H,5-6H2,1-2H3/t10-/m0/s1. The van der Waals surface area contributed by atoms with Gasteiger partial charge in [-0.15, -0.1) is 0 Å². The summed E-state index contributed by atoms with van der Waals surface area (Å²) in [4.78, 5) is 0. The molecule has 102 valence electrons. The third-order valence-electron chi connectivity index (χ3n) is 2.83. The molecule has 0 bridgehead atoms. The Morgan fingerprint density at radius 1 is 1.47 bits per heavy atom. The minimum absolute atomic E-state index is 0.379. The zero-order valence-corrected chi connectivity index (χ0v) is 11.0. The number of aliphatic hydroxyl groups is 1. The molecule has 0 aliphatic rings. The van der Waals surface area contributed by atoms with Crippen molar-refractivity contribution in [1.82, 2.24) is 9.78 Å². The second kappa shape index (κ2) is 5.84. The molecule has 0 saturated carbocycles. The summed E-state index contributed by atoms with van der Waals surface area (Å²) in [5.41, 5.74) is 1.54. The third kappa shape index (κ3) is 3.54. The quantitative estimate of drug-likeness (QED) is 0.901.